The summed E-state index contributed by atoms with van der Waals surface area (Å²) in [7, 11) is 1.49. The topological polar surface area (TPSA) is 114 Å². The predicted octanol–water partition coefficient (Wildman–Crippen LogP) is 5.21. The SMILES string of the molecule is COc1cc(Cl)c(OC2CCC(C)(C(=O)O)CC2)cc1C(=O)NC1C2CCC(C2)C1C(=O)NCC1(C)CCC1. The summed E-state index contributed by atoms with van der Waals surface area (Å²) in [5.41, 5.74) is -0.232. The van der Waals surface area contributed by atoms with Gasteiger partial charge in [0.1, 0.15) is 11.5 Å². The molecule has 4 saturated carbocycles. The molecule has 1 aromatic carbocycles. The number of methoxy groups -OCH3 is 1. The van der Waals surface area contributed by atoms with Gasteiger partial charge in [-0.2, -0.15) is 0 Å². The second kappa shape index (κ2) is 10.8. The van der Waals surface area contributed by atoms with Gasteiger partial charge in [-0.05, 0) is 88.0 Å². The Morgan fingerprint density at radius 1 is 1.03 bits per heavy atom. The van der Waals surface area contributed by atoms with Gasteiger partial charge < -0.3 is 25.2 Å². The molecule has 0 aromatic heterocycles. The van der Waals surface area contributed by atoms with Crippen molar-refractivity contribution < 1.29 is 29.0 Å². The Labute approximate surface area is 235 Å². The van der Waals surface area contributed by atoms with Crippen molar-refractivity contribution in [1.82, 2.24) is 10.6 Å². The molecule has 8 nitrogen and oxygen atoms in total. The van der Waals surface area contributed by atoms with Crippen LogP contribution >= 0.6 is 11.6 Å². The summed E-state index contributed by atoms with van der Waals surface area (Å²) in [6.45, 7) is 4.69. The van der Waals surface area contributed by atoms with Gasteiger partial charge in [0.25, 0.3) is 5.91 Å². The number of hydrogen-bond donors (Lipinski definition) is 3. The van der Waals surface area contributed by atoms with Crippen molar-refractivity contribution in [3.63, 3.8) is 0 Å². The largest absolute Gasteiger partial charge is 0.496 e. The zero-order valence-corrected chi connectivity index (χ0v) is 23.9. The molecule has 2 bridgehead atoms. The number of nitrogens with one attached hydrogen (secondary N) is 2. The van der Waals surface area contributed by atoms with E-state index in [0.717, 1.165) is 32.1 Å². The molecule has 9 heteroatoms. The van der Waals surface area contributed by atoms with E-state index in [-0.39, 0.29) is 41.2 Å². The number of benzene rings is 1. The molecule has 0 spiro atoms. The van der Waals surface area contributed by atoms with Crippen LogP contribution in [0.25, 0.3) is 0 Å². The van der Waals surface area contributed by atoms with Crippen molar-refractivity contribution in [2.24, 2.45) is 28.6 Å². The van der Waals surface area contributed by atoms with Crippen molar-refractivity contribution in [2.45, 2.75) is 90.2 Å². The highest BCUT2D eigenvalue weighted by Crippen LogP contribution is 2.49. The molecule has 0 heterocycles. The molecule has 4 aliphatic carbocycles. The summed E-state index contributed by atoms with van der Waals surface area (Å²) < 4.78 is 11.7. The Hall–Kier alpha value is -2.48. The monoisotopic (exact) mass is 560 g/mol. The van der Waals surface area contributed by atoms with Gasteiger partial charge >= 0.3 is 5.97 Å². The number of rotatable bonds is 9. The lowest BCUT2D eigenvalue weighted by atomic mass is 9.70. The molecule has 1 aromatic rings. The normalized spacial score (nSPS) is 32.7. The minimum atomic E-state index is -0.785. The zero-order valence-electron chi connectivity index (χ0n) is 23.2. The average molecular weight is 561 g/mol. The van der Waals surface area contributed by atoms with Crippen LogP contribution in [0.1, 0.15) is 88.4 Å². The van der Waals surface area contributed by atoms with E-state index >= 15 is 0 Å². The van der Waals surface area contributed by atoms with Gasteiger partial charge in [0.05, 0.1) is 35.1 Å². The van der Waals surface area contributed by atoms with Crippen LogP contribution in [-0.4, -0.2) is 48.7 Å². The molecule has 0 saturated heterocycles. The molecule has 39 heavy (non-hydrogen) atoms. The van der Waals surface area contributed by atoms with E-state index in [2.05, 4.69) is 17.6 Å². The van der Waals surface area contributed by atoms with E-state index in [1.807, 2.05) is 0 Å². The Kier molecular flexibility index (Phi) is 7.79. The first-order valence-electron chi connectivity index (χ1n) is 14.4. The number of halogens is 1. The molecule has 4 aliphatic rings. The fourth-order valence-electron chi connectivity index (χ4n) is 7.19. The number of amides is 2. The highest BCUT2D eigenvalue weighted by atomic mass is 35.5. The second-order valence-corrected chi connectivity index (χ2v) is 13.3. The third-order valence-corrected chi connectivity index (χ3v) is 10.4. The van der Waals surface area contributed by atoms with Crippen LogP contribution < -0.4 is 20.1 Å². The molecule has 0 radical (unpaired) electrons. The number of carbonyl (C=O) groups is 3. The van der Waals surface area contributed by atoms with Crippen LogP contribution in [0.2, 0.25) is 5.02 Å². The van der Waals surface area contributed by atoms with E-state index in [1.165, 1.54) is 13.5 Å². The molecule has 214 valence electrons. The van der Waals surface area contributed by atoms with Crippen molar-refractivity contribution in [2.75, 3.05) is 13.7 Å². The zero-order chi connectivity index (χ0) is 27.9. The van der Waals surface area contributed by atoms with Crippen LogP contribution in [0.5, 0.6) is 11.5 Å². The quantitative estimate of drug-likeness (QED) is 0.382. The summed E-state index contributed by atoms with van der Waals surface area (Å²) >= 11 is 6.50. The fourth-order valence-corrected chi connectivity index (χ4v) is 7.39. The predicted molar refractivity (Wildman–Crippen MR) is 147 cm³/mol. The smallest absolute Gasteiger partial charge is 0.309 e. The first kappa shape index (κ1) is 28.1. The third kappa shape index (κ3) is 5.59. The maximum atomic E-state index is 13.6. The average Bonchev–Trinajstić information content (AvgIpc) is 3.50. The number of carboxylic acid groups (broad SMARTS) is 1. The molecular formula is C30H41ClN2O6. The molecule has 4 unspecified atom stereocenters. The highest BCUT2D eigenvalue weighted by molar-refractivity contribution is 6.32. The van der Waals surface area contributed by atoms with Gasteiger partial charge in [-0.25, -0.2) is 0 Å². The Bertz CT molecular complexity index is 1130. The molecule has 4 atom stereocenters. The van der Waals surface area contributed by atoms with E-state index in [9.17, 15) is 19.5 Å². The van der Waals surface area contributed by atoms with Crippen LogP contribution in [0.4, 0.5) is 0 Å². The van der Waals surface area contributed by atoms with Crippen molar-refractivity contribution >= 4 is 29.4 Å². The Morgan fingerprint density at radius 3 is 2.33 bits per heavy atom. The Balaban J connectivity index is 1.28. The maximum absolute atomic E-state index is 13.6. The number of carbonyl (C=O) groups excluding carboxylic acids is 2. The molecular weight excluding hydrogens is 520 g/mol. The number of ether oxygens (including phenoxy) is 2. The van der Waals surface area contributed by atoms with E-state index < -0.39 is 11.4 Å². The lowest BCUT2D eigenvalue weighted by Gasteiger charge is -2.39. The van der Waals surface area contributed by atoms with E-state index in [4.69, 9.17) is 21.1 Å². The standard InChI is InChI=1S/C30H41ClN2O6/c1-29(9-4-10-29)16-32-27(35)24-17-5-6-18(13-17)25(24)33-26(34)20-14-23(21(31)15-22(20)38-3)39-19-7-11-30(2,12-8-19)28(36)37/h14-15,17-19,24-25H,4-13,16H2,1-3H3,(H,32,35)(H,33,34)(H,36,37). The van der Waals surface area contributed by atoms with Crippen LogP contribution in [0.3, 0.4) is 0 Å². The van der Waals surface area contributed by atoms with Crippen LogP contribution in [-0.2, 0) is 9.59 Å². The molecule has 5 rings (SSSR count). The minimum absolute atomic E-state index is 0.0541. The molecule has 4 fully saturated rings. The van der Waals surface area contributed by atoms with Gasteiger partial charge in [0.15, 0.2) is 0 Å². The summed E-state index contributed by atoms with van der Waals surface area (Å²) in [5, 5.41) is 16.2. The number of aliphatic carboxylic acids is 1. The highest BCUT2D eigenvalue weighted by Gasteiger charge is 2.51. The Morgan fingerprint density at radius 2 is 1.72 bits per heavy atom. The lowest BCUT2D eigenvalue weighted by Crippen LogP contribution is -2.51. The molecule has 2 amide bonds. The first-order chi connectivity index (χ1) is 18.5. The van der Waals surface area contributed by atoms with Gasteiger partial charge in [-0.1, -0.05) is 24.9 Å². The van der Waals surface area contributed by atoms with E-state index in [1.54, 1.807) is 19.1 Å². The first-order valence-corrected chi connectivity index (χ1v) is 14.8. The lowest BCUT2D eigenvalue weighted by molar-refractivity contribution is -0.150. The number of fused-ring (bicyclic) bond motifs is 2. The minimum Gasteiger partial charge on any atom is -0.496 e. The van der Waals surface area contributed by atoms with Gasteiger partial charge in [-0.15, -0.1) is 0 Å². The van der Waals surface area contributed by atoms with Crippen molar-refractivity contribution in [1.29, 1.82) is 0 Å². The van der Waals surface area contributed by atoms with Crippen LogP contribution in [0, 0.1) is 28.6 Å². The van der Waals surface area contributed by atoms with E-state index in [0.29, 0.717) is 60.2 Å². The number of carboxylic acids is 1. The van der Waals surface area contributed by atoms with Crippen molar-refractivity contribution in [3.8, 4) is 11.5 Å². The third-order valence-electron chi connectivity index (χ3n) is 10.1. The van der Waals surface area contributed by atoms with Gasteiger partial charge in [0.2, 0.25) is 5.91 Å². The summed E-state index contributed by atoms with van der Waals surface area (Å²) in [6.07, 6.45) is 8.53. The van der Waals surface area contributed by atoms with Gasteiger partial charge in [-0.3, -0.25) is 14.4 Å². The van der Waals surface area contributed by atoms with Crippen molar-refractivity contribution in [3.05, 3.63) is 22.7 Å². The van der Waals surface area contributed by atoms with Gasteiger partial charge in [0, 0.05) is 18.7 Å². The molecule has 0 aliphatic heterocycles. The summed E-state index contributed by atoms with van der Waals surface area (Å²) in [5.74, 6) is 0.0344. The maximum Gasteiger partial charge on any atom is 0.309 e. The summed E-state index contributed by atoms with van der Waals surface area (Å²) in [4.78, 5) is 38.5. The fraction of sp³-hybridized carbons (Fsp3) is 0.700. The molecule has 3 N–H and O–H groups in total. The summed E-state index contributed by atoms with van der Waals surface area (Å²) in [6, 6.07) is 2.98. The second-order valence-electron chi connectivity index (χ2n) is 12.9. The number of hydrogen-bond acceptors (Lipinski definition) is 5. The van der Waals surface area contributed by atoms with Crippen LogP contribution in [0.15, 0.2) is 12.1 Å².